The number of carbonyl (C=O) groups is 3. The van der Waals surface area contributed by atoms with Gasteiger partial charge in [0.05, 0.1) is 11.4 Å². The molecule has 0 bridgehead atoms. The standard InChI is InChI=1S/C23H29N3O3S/c27-21(24-11-10-17-6-2-1-3-7-17)15-26-19-14-18(23(29)25-12-4-5-13-25)8-9-20(19)30-16-22(26)28/h6,8-9,14H,1-5,7,10-13,15-16H2,(H,24,27). The summed E-state index contributed by atoms with van der Waals surface area (Å²) in [6.45, 7) is 2.16. The summed E-state index contributed by atoms with van der Waals surface area (Å²) in [6, 6.07) is 5.51. The second-order valence-electron chi connectivity index (χ2n) is 8.16. The Morgan fingerprint density at radius 2 is 1.93 bits per heavy atom. The number of benzene rings is 1. The number of amides is 3. The van der Waals surface area contributed by atoms with Gasteiger partial charge in [0.25, 0.3) is 5.91 Å². The van der Waals surface area contributed by atoms with Crippen molar-refractivity contribution in [2.24, 2.45) is 0 Å². The van der Waals surface area contributed by atoms with Crippen LogP contribution in [0, 0.1) is 0 Å². The third kappa shape index (κ3) is 4.89. The van der Waals surface area contributed by atoms with E-state index in [4.69, 9.17) is 0 Å². The SMILES string of the molecule is O=C(CN1C(=O)CSc2ccc(C(=O)N3CCCC3)cc21)NCCC1=CCCCC1. The molecule has 1 aromatic carbocycles. The van der Waals surface area contributed by atoms with Gasteiger partial charge >= 0.3 is 0 Å². The first-order chi connectivity index (χ1) is 14.6. The van der Waals surface area contributed by atoms with E-state index in [2.05, 4.69) is 11.4 Å². The van der Waals surface area contributed by atoms with E-state index in [9.17, 15) is 14.4 Å². The number of allylic oxidation sites excluding steroid dienone is 1. The molecule has 0 aromatic heterocycles. The van der Waals surface area contributed by atoms with Gasteiger partial charge in [0.2, 0.25) is 11.8 Å². The summed E-state index contributed by atoms with van der Waals surface area (Å²) in [5.74, 6) is 0.0628. The molecule has 4 rings (SSSR count). The van der Waals surface area contributed by atoms with Gasteiger partial charge in [-0.05, 0) is 63.1 Å². The van der Waals surface area contributed by atoms with E-state index in [-0.39, 0.29) is 24.3 Å². The number of anilines is 1. The van der Waals surface area contributed by atoms with Crippen molar-refractivity contribution in [2.75, 3.05) is 36.8 Å². The summed E-state index contributed by atoms with van der Waals surface area (Å²) >= 11 is 1.46. The number of likely N-dealkylation sites (tertiary alicyclic amines) is 1. The maximum atomic E-state index is 12.8. The van der Waals surface area contributed by atoms with E-state index >= 15 is 0 Å². The van der Waals surface area contributed by atoms with Crippen molar-refractivity contribution in [3.8, 4) is 0 Å². The second kappa shape index (κ2) is 9.69. The van der Waals surface area contributed by atoms with Gasteiger partial charge in [0.1, 0.15) is 6.54 Å². The monoisotopic (exact) mass is 427 g/mol. The Kier molecular flexibility index (Phi) is 6.77. The van der Waals surface area contributed by atoms with Crippen LogP contribution in [0.5, 0.6) is 0 Å². The Hall–Kier alpha value is -2.28. The van der Waals surface area contributed by atoms with E-state index in [1.54, 1.807) is 6.07 Å². The fourth-order valence-electron chi connectivity index (χ4n) is 4.30. The van der Waals surface area contributed by atoms with Gasteiger partial charge in [-0.15, -0.1) is 11.8 Å². The highest BCUT2D eigenvalue weighted by atomic mass is 32.2. The van der Waals surface area contributed by atoms with Crippen molar-refractivity contribution in [3.05, 3.63) is 35.4 Å². The number of hydrogen-bond acceptors (Lipinski definition) is 4. The van der Waals surface area contributed by atoms with Gasteiger partial charge < -0.3 is 15.1 Å². The minimum atomic E-state index is -0.158. The average molecular weight is 428 g/mol. The topological polar surface area (TPSA) is 69.7 Å². The highest BCUT2D eigenvalue weighted by molar-refractivity contribution is 8.00. The van der Waals surface area contributed by atoms with Gasteiger partial charge in [-0.25, -0.2) is 0 Å². The van der Waals surface area contributed by atoms with Crippen LogP contribution >= 0.6 is 11.8 Å². The van der Waals surface area contributed by atoms with Crippen LogP contribution < -0.4 is 10.2 Å². The number of fused-ring (bicyclic) bond motifs is 1. The zero-order valence-corrected chi connectivity index (χ0v) is 18.1. The lowest BCUT2D eigenvalue weighted by Crippen LogP contribution is -2.43. The van der Waals surface area contributed by atoms with Crippen molar-refractivity contribution in [1.82, 2.24) is 10.2 Å². The van der Waals surface area contributed by atoms with Crippen molar-refractivity contribution in [1.29, 1.82) is 0 Å². The molecule has 1 N–H and O–H groups in total. The predicted octanol–water partition coefficient (Wildman–Crippen LogP) is 3.37. The van der Waals surface area contributed by atoms with Crippen molar-refractivity contribution in [3.63, 3.8) is 0 Å². The van der Waals surface area contributed by atoms with E-state index in [1.807, 2.05) is 17.0 Å². The molecule has 0 spiro atoms. The van der Waals surface area contributed by atoms with E-state index < -0.39 is 0 Å². The van der Waals surface area contributed by atoms with Crippen LogP contribution in [0.4, 0.5) is 5.69 Å². The van der Waals surface area contributed by atoms with Gasteiger partial charge in [-0.3, -0.25) is 14.4 Å². The van der Waals surface area contributed by atoms with Crippen LogP contribution in [0.1, 0.15) is 55.3 Å². The first-order valence-corrected chi connectivity index (χ1v) is 11.9. The van der Waals surface area contributed by atoms with Crippen molar-refractivity contribution < 1.29 is 14.4 Å². The predicted molar refractivity (Wildman–Crippen MR) is 119 cm³/mol. The Bertz CT molecular complexity index is 861. The van der Waals surface area contributed by atoms with Crippen LogP contribution in [0.25, 0.3) is 0 Å². The third-order valence-corrected chi connectivity index (χ3v) is 7.04. The molecule has 1 saturated heterocycles. The number of carbonyl (C=O) groups excluding carboxylic acids is 3. The van der Waals surface area contributed by atoms with Crippen molar-refractivity contribution >= 4 is 35.2 Å². The fourth-order valence-corrected chi connectivity index (χ4v) is 5.22. The number of nitrogens with zero attached hydrogens (tertiary/aromatic N) is 2. The van der Waals surface area contributed by atoms with Gasteiger partial charge in [-0.1, -0.05) is 11.6 Å². The van der Waals surface area contributed by atoms with Gasteiger partial charge in [-0.2, -0.15) is 0 Å². The second-order valence-corrected chi connectivity index (χ2v) is 9.18. The van der Waals surface area contributed by atoms with Crippen LogP contribution in [-0.4, -0.2) is 54.6 Å². The highest BCUT2D eigenvalue weighted by Gasteiger charge is 2.28. The van der Waals surface area contributed by atoms with Crippen LogP contribution in [0.15, 0.2) is 34.7 Å². The van der Waals surface area contributed by atoms with Gasteiger partial charge in [0.15, 0.2) is 0 Å². The molecule has 1 aromatic rings. The molecular formula is C23H29N3O3S. The zero-order chi connectivity index (χ0) is 20.9. The molecule has 1 fully saturated rings. The first-order valence-electron chi connectivity index (χ1n) is 10.9. The lowest BCUT2D eigenvalue weighted by atomic mass is 9.97. The summed E-state index contributed by atoms with van der Waals surface area (Å²) in [7, 11) is 0. The molecule has 3 aliphatic rings. The molecule has 0 atom stereocenters. The Morgan fingerprint density at radius 1 is 1.10 bits per heavy atom. The number of thioether (sulfide) groups is 1. The molecule has 7 heteroatoms. The van der Waals surface area contributed by atoms with Crippen LogP contribution in [0.2, 0.25) is 0 Å². The lowest BCUT2D eigenvalue weighted by molar-refractivity contribution is -0.122. The average Bonchev–Trinajstić information content (AvgIpc) is 3.31. The molecule has 1 aliphatic carbocycles. The maximum Gasteiger partial charge on any atom is 0.253 e. The maximum absolute atomic E-state index is 12.8. The molecule has 2 aliphatic heterocycles. The lowest BCUT2D eigenvalue weighted by Gasteiger charge is -2.29. The molecular weight excluding hydrogens is 398 g/mol. The van der Waals surface area contributed by atoms with E-state index in [0.29, 0.717) is 23.5 Å². The van der Waals surface area contributed by atoms with Crippen LogP contribution in [0.3, 0.4) is 0 Å². The van der Waals surface area contributed by atoms with Crippen molar-refractivity contribution in [2.45, 2.75) is 49.8 Å². The minimum absolute atomic E-state index is 0.00322. The fraction of sp³-hybridized carbons (Fsp3) is 0.522. The zero-order valence-electron chi connectivity index (χ0n) is 17.3. The minimum Gasteiger partial charge on any atom is -0.354 e. The molecule has 0 radical (unpaired) electrons. The normalized spacial score (nSPS) is 18.8. The van der Waals surface area contributed by atoms with Crippen LogP contribution in [-0.2, 0) is 9.59 Å². The molecule has 2 heterocycles. The van der Waals surface area contributed by atoms with E-state index in [0.717, 1.165) is 50.1 Å². The number of hydrogen-bond donors (Lipinski definition) is 1. The van der Waals surface area contributed by atoms with E-state index in [1.165, 1.54) is 35.1 Å². The highest BCUT2D eigenvalue weighted by Crippen LogP contribution is 2.36. The quantitative estimate of drug-likeness (QED) is 0.707. The number of nitrogens with one attached hydrogen (secondary N) is 1. The Balaban J connectivity index is 1.41. The van der Waals surface area contributed by atoms with Gasteiger partial charge in [0, 0.05) is 30.1 Å². The smallest absolute Gasteiger partial charge is 0.253 e. The summed E-state index contributed by atoms with van der Waals surface area (Å²) in [6.07, 6.45) is 9.98. The Morgan fingerprint density at radius 3 is 2.70 bits per heavy atom. The molecule has 0 unspecified atom stereocenters. The summed E-state index contributed by atoms with van der Waals surface area (Å²) < 4.78 is 0. The summed E-state index contributed by atoms with van der Waals surface area (Å²) in [5, 5.41) is 2.96. The molecule has 30 heavy (non-hydrogen) atoms. The third-order valence-electron chi connectivity index (χ3n) is 6.00. The molecule has 3 amide bonds. The molecule has 6 nitrogen and oxygen atoms in total. The first kappa shape index (κ1) is 21.0. The summed E-state index contributed by atoms with van der Waals surface area (Å²) in [5.41, 5.74) is 2.68. The molecule has 160 valence electrons. The molecule has 0 saturated carbocycles. The summed E-state index contributed by atoms with van der Waals surface area (Å²) in [4.78, 5) is 42.2. The Labute approximate surface area is 182 Å². The largest absolute Gasteiger partial charge is 0.354 e. The number of rotatable bonds is 6.